The fraction of sp³-hybridized carbons (Fsp3) is 0.357. The minimum Gasteiger partial charge on any atom is -0.469 e. The summed E-state index contributed by atoms with van der Waals surface area (Å²) in [5.41, 5.74) is 0.250. The van der Waals surface area contributed by atoms with Crippen LogP contribution < -0.4 is 5.32 Å². The molecule has 0 spiro atoms. The van der Waals surface area contributed by atoms with Gasteiger partial charge < -0.3 is 4.74 Å². The number of benzene rings is 1. The number of hydrogen-bond donors (Lipinski definition) is 1. The van der Waals surface area contributed by atoms with Crippen LogP contribution in [-0.4, -0.2) is 36.4 Å². The monoisotopic (exact) mass is 329 g/mol. The van der Waals surface area contributed by atoms with Crippen LogP contribution in [-0.2, 0) is 14.3 Å². The third-order valence-electron chi connectivity index (χ3n) is 2.58. The number of hydrogen-bond acceptors (Lipinski definition) is 5. The number of esters is 1. The number of halogens is 1. The van der Waals surface area contributed by atoms with Gasteiger partial charge in [0.25, 0.3) is 5.91 Å². The minimum atomic E-state index is -0.535. The van der Waals surface area contributed by atoms with Crippen LogP contribution in [0.25, 0.3) is 0 Å². The lowest BCUT2D eigenvalue weighted by molar-refractivity contribution is -0.144. The Balaban J connectivity index is 2.39. The standard InChI is InChI=1S/C14H16ClNO4S/c1-9(14(19)20-2)7-21-8-12(17)16-13(18)10-5-3-4-6-11(10)15/h3-6,9H,7-8H2,1-2H3,(H,16,17,18). The average Bonchev–Trinajstić information content (AvgIpc) is 2.46. The van der Waals surface area contributed by atoms with Crippen LogP contribution in [0.15, 0.2) is 24.3 Å². The van der Waals surface area contributed by atoms with Gasteiger partial charge in [0.2, 0.25) is 5.91 Å². The lowest BCUT2D eigenvalue weighted by atomic mass is 10.2. The zero-order valence-electron chi connectivity index (χ0n) is 11.7. The maximum Gasteiger partial charge on any atom is 0.309 e. The average molecular weight is 330 g/mol. The molecule has 0 aliphatic rings. The third kappa shape index (κ3) is 5.77. The topological polar surface area (TPSA) is 72.5 Å². The molecule has 0 aliphatic carbocycles. The summed E-state index contributed by atoms with van der Waals surface area (Å²) in [5, 5.41) is 2.54. The van der Waals surface area contributed by atoms with Gasteiger partial charge in [0.05, 0.1) is 29.4 Å². The maximum absolute atomic E-state index is 11.8. The number of carbonyl (C=O) groups excluding carboxylic acids is 3. The van der Waals surface area contributed by atoms with Crippen molar-refractivity contribution in [3.8, 4) is 0 Å². The highest BCUT2D eigenvalue weighted by Crippen LogP contribution is 2.14. The fourth-order valence-electron chi connectivity index (χ4n) is 1.47. The van der Waals surface area contributed by atoms with Crippen LogP contribution in [0, 0.1) is 5.92 Å². The maximum atomic E-state index is 11.8. The molecule has 1 aromatic rings. The van der Waals surface area contributed by atoms with Crippen molar-refractivity contribution >= 4 is 41.1 Å². The highest BCUT2D eigenvalue weighted by Gasteiger charge is 2.16. The Hall–Kier alpha value is -1.53. The van der Waals surface area contributed by atoms with Crippen molar-refractivity contribution in [3.63, 3.8) is 0 Å². The highest BCUT2D eigenvalue weighted by atomic mass is 35.5. The first-order valence-corrected chi connectivity index (χ1v) is 7.73. The number of methoxy groups -OCH3 is 1. The summed E-state index contributed by atoms with van der Waals surface area (Å²) in [7, 11) is 1.32. The van der Waals surface area contributed by atoms with Gasteiger partial charge >= 0.3 is 5.97 Å². The lowest BCUT2D eigenvalue weighted by Crippen LogP contribution is -2.32. The summed E-state index contributed by atoms with van der Waals surface area (Å²) in [4.78, 5) is 34.7. The van der Waals surface area contributed by atoms with E-state index in [0.29, 0.717) is 5.75 Å². The van der Waals surface area contributed by atoms with E-state index in [4.69, 9.17) is 11.6 Å². The van der Waals surface area contributed by atoms with E-state index in [0.717, 1.165) is 0 Å². The molecule has 7 heteroatoms. The molecule has 0 aliphatic heterocycles. The van der Waals surface area contributed by atoms with Gasteiger partial charge in [-0.25, -0.2) is 0 Å². The summed E-state index contributed by atoms with van der Waals surface area (Å²) in [5.74, 6) is -1.06. The molecular weight excluding hydrogens is 314 g/mol. The molecule has 0 aromatic heterocycles. The number of rotatable bonds is 6. The molecule has 2 amide bonds. The molecule has 21 heavy (non-hydrogen) atoms. The molecule has 114 valence electrons. The Bertz CT molecular complexity index is 535. The van der Waals surface area contributed by atoms with Gasteiger partial charge in [0.15, 0.2) is 0 Å². The quantitative estimate of drug-likeness (QED) is 0.809. The minimum absolute atomic E-state index is 0.0809. The van der Waals surface area contributed by atoms with Gasteiger partial charge in [-0.3, -0.25) is 19.7 Å². The van der Waals surface area contributed by atoms with Crippen molar-refractivity contribution < 1.29 is 19.1 Å². The molecule has 5 nitrogen and oxygen atoms in total. The van der Waals surface area contributed by atoms with Crippen molar-refractivity contribution in [1.29, 1.82) is 0 Å². The number of amides is 2. The largest absolute Gasteiger partial charge is 0.469 e. The van der Waals surface area contributed by atoms with Gasteiger partial charge in [-0.15, -0.1) is 0 Å². The van der Waals surface area contributed by atoms with Crippen molar-refractivity contribution in [2.45, 2.75) is 6.92 Å². The van der Waals surface area contributed by atoms with E-state index in [1.807, 2.05) is 0 Å². The zero-order valence-corrected chi connectivity index (χ0v) is 13.3. The SMILES string of the molecule is COC(=O)C(C)CSCC(=O)NC(=O)c1ccccc1Cl. The fourth-order valence-corrected chi connectivity index (χ4v) is 2.56. The molecular formula is C14H16ClNO4S. The van der Waals surface area contributed by atoms with Gasteiger partial charge in [-0.2, -0.15) is 11.8 Å². The Morgan fingerprint density at radius 1 is 1.33 bits per heavy atom. The number of carbonyl (C=O) groups is 3. The number of ether oxygens (including phenoxy) is 1. The van der Waals surface area contributed by atoms with Gasteiger partial charge in [-0.05, 0) is 12.1 Å². The zero-order chi connectivity index (χ0) is 15.8. The van der Waals surface area contributed by atoms with E-state index in [9.17, 15) is 14.4 Å². The first kappa shape index (κ1) is 17.5. The Morgan fingerprint density at radius 3 is 2.62 bits per heavy atom. The van der Waals surface area contributed by atoms with Crippen molar-refractivity contribution in [3.05, 3.63) is 34.9 Å². The summed E-state index contributed by atoms with van der Waals surface area (Å²) < 4.78 is 4.58. The van der Waals surface area contributed by atoms with E-state index >= 15 is 0 Å². The van der Waals surface area contributed by atoms with Crippen LogP contribution in [0.2, 0.25) is 5.02 Å². The number of imide groups is 1. The first-order chi connectivity index (χ1) is 9.95. The smallest absolute Gasteiger partial charge is 0.309 e. The van der Waals surface area contributed by atoms with Crippen LogP contribution in [0.4, 0.5) is 0 Å². The van der Waals surface area contributed by atoms with Crippen molar-refractivity contribution in [1.82, 2.24) is 5.32 Å². The molecule has 1 rings (SSSR count). The third-order valence-corrected chi connectivity index (χ3v) is 4.11. The van der Waals surface area contributed by atoms with E-state index in [1.165, 1.54) is 24.9 Å². The van der Waals surface area contributed by atoms with Crippen molar-refractivity contribution in [2.75, 3.05) is 18.6 Å². The van der Waals surface area contributed by atoms with Crippen LogP contribution in [0.5, 0.6) is 0 Å². The second-order valence-corrected chi connectivity index (χ2v) is 5.73. The van der Waals surface area contributed by atoms with Crippen LogP contribution in [0.1, 0.15) is 17.3 Å². The summed E-state index contributed by atoms with van der Waals surface area (Å²) in [6, 6.07) is 6.48. The first-order valence-electron chi connectivity index (χ1n) is 6.20. The summed E-state index contributed by atoms with van der Waals surface area (Å²) in [6.45, 7) is 1.71. The van der Waals surface area contributed by atoms with E-state index in [-0.39, 0.29) is 28.2 Å². The van der Waals surface area contributed by atoms with Gasteiger partial charge in [0.1, 0.15) is 0 Å². The van der Waals surface area contributed by atoms with Crippen LogP contribution >= 0.6 is 23.4 Å². The number of thioether (sulfide) groups is 1. The molecule has 0 saturated heterocycles. The molecule has 1 N–H and O–H groups in total. The molecule has 1 aromatic carbocycles. The summed E-state index contributed by atoms with van der Waals surface area (Å²) >= 11 is 7.13. The molecule has 0 saturated carbocycles. The van der Waals surface area contributed by atoms with Crippen LogP contribution in [0.3, 0.4) is 0 Å². The highest BCUT2D eigenvalue weighted by molar-refractivity contribution is 7.99. The van der Waals surface area contributed by atoms with Crippen molar-refractivity contribution in [2.24, 2.45) is 5.92 Å². The molecule has 0 bridgehead atoms. The molecule has 0 heterocycles. The molecule has 1 unspecified atom stereocenters. The Labute approximate surface area is 132 Å². The van der Waals surface area contributed by atoms with E-state index in [1.54, 1.807) is 25.1 Å². The summed E-state index contributed by atoms with van der Waals surface area (Å²) in [6.07, 6.45) is 0. The van der Waals surface area contributed by atoms with Gasteiger partial charge in [0, 0.05) is 5.75 Å². The Morgan fingerprint density at radius 2 is 2.00 bits per heavy atom. The normalized spacial score (nSPS) is 11.6. The molecule has 0 radical (unpaired) electrons. The number of nitrogens with one attached hydrogen (secondary N) is 1. The molecule has 1 atom stereocenters. The predicted molar refractivity (Wildman–Crippen MR) is 82.4 cm³/mol. The second kappa shape index (κ2) is 8.69. The van der Waals surface area contributed by atoms with Gasteiger partial charge in [-0.1, -0.05) is 30.7 Å². The van der Waals surface area contributed by atoms with E-state index < -0.39 is 11.8 Å². The lowest BCUT2D eigenvalue weighted by Gasteiger charge is -2.08. The second-order valence-electron chi connectivity index (χ2n) is 4.30. The Kier molecular flexibility index (Phi) is 7.25. The van der Waals surface area contributed by atoms with E-state index in [2.05, 4.69) is 10.1 Å². The molecule has 0 fully saturated rings. The predicted octanol–water partition coefficient (Wildman–Crippen LogP) is 2.14.